The fourth-order valence-corrected chi connectivity index (χ4v) is 3.27. The summed E-state index contributed by atoms with van der Waals surface area (Å²) in [6.45, 7) is 9.85. The molecule has 2 rings (SSSR count). The average molecular weight is 253 g/mol. The van der Waals surface area contributed by atoms with E-state index in [9.17, 15) is 4.79 Å². The summed E-state index contributed by atoms with van der Waals surface area (Å²) < 4.78 is 0. The van der Waals surface area contributed by atoms with Crippen molar-refractivity contribution in [2.45, 2.75) is 39.2 Å². The molecule has 2 saturated heterocycles. The van der Waals surface area contributed by atoms with Crippen LogP contribution in [0.1, 0.15) is 33.1 Å². The lowest BCUT2D eigenvalue weighted by Gasteiger charge is -2.39. The molecule has 2 aliphatic heterocycles. The lowest BCUT2D eigenvalue weighted by atomic mass is 9.88. The standard InChI is InChI=1S/C14H27N3O/c1-12(18)16(3)13-4-8-17(9-5-13)11-14(2)6-7-15-10-14/h13,15H,4-11H2,1-3H3. The molecular weight excluding hydrogens is 226 g/mol. The maximum absolute atomic E-state index is 11.4. The van der Waals surface area contributed by atoms with E-state index in [1.807, 2.05) is 11.9 Å². The minimum Gasteiger partial charge on any atom is -0.343 e. The first kappa shape index (κ1) is 13.8. The zero-order valence-corrected chi connectivity index (χ0v) is 12.0. The van der Waals surface area contributed by atoms with E-state index in [0.29, 0.717) is 11.5 Å². The summed E-state index contributed by atoms with van der Waals surface area (Å²) in [6, 6.07) is 0.452. The van der Waals surface area contributed by atoms with E-state index in [1.165, 1.54) is 19.5 Å². The van der Waals surface area contributed by atoms with Gasteiger partial charge in [-0.25, -0.2) is 0 Å². The van der Waals surface area contributed by atoms with Gasteiger partial charge in [-0.1, -0.05) is 6.92 Å². The molecule has 2 heterocycles. The van der Waals surface area contributed by atoms with Gasteiger partial charge in [0.15, 0.2) is 0 Å². The minimum atomic E-state index is 0.195. The van der Waals surface area contributed by atoms with Gasteiger partial charge in [0.05, 0.1) is 0 Å². The molecule has 0 aromatic rings. The van der Waals surface area contributed by atoms with Crippen LogP contribution in [-0.4, -0.2) is 61.5 Å². The maximum Gasteiger partial charge on any atom is 0.219 e. The van der Waals surface area contributed by atoms with E-state index in [2.05, 4.69) is 17.1 Å². The van der Waals surface area contributed by atoms with Crippen LogP contribution >= 0.6 is 0 Å². The number of hydrogen-bond donors (Lipinski definition) is 1. The quantitative estimate of drug-likeness (QED) is 0.813. The summed E-state index contributed by atoms with van der Waals surface area (Å²) in [5, 5.41) is 3.46. The summed E-state index contributed by atoms with van der Waals surface area (Å²) in [7, 11) is 1.94. The number of rotatable bonds is 3. The van der Waals surface area contributed by atoms with Crippen LogP contribution in [0.4, 0.5) is 0 Å². The summed E-state index contributed by atoms with van der Waals surface area (Å²) in [6.07, 6.45) is 3.54. The molecule has 1 atom stereocenters. The fraction of sp³-hybridized carbons (Fsp3) is 0.929. The van der Waals surface area contributed by atoms with Crippen molar-refractivity contribution >= 4 is 5.91 Å². The number of piperidine rings is 1. The Labute approximate surface area is 111 Å². The first-order valence-corrected chi connectivity index (χ1v) is 7.17. The predicted octanol–water partition coefficient (Wildman–Crippen LogP) is 0.929. The third-order valence-corrected chi connectivity index (χ3v) is 4.66. The van der Waals surface area contributed by atoms with Gasteiger partial charge in [0.1, 0.15) is 0 Å². The van der Waals surface area contributed by atoms with Gasteiger partial charge in [0.2, 0.25) is 5.91 Å². The molecule has 4 nitrogen and oxygen atoms in total. The molecule has 0 radical (unpaired) electrons. The van der Waals surface area contributed by atoms with E-state index in [4.69, 9.17) is 0 Å². The highest BCUT2D eigenvalue weighted by molar-refractivity contribution is 5.73. The molecule has 0 spiro atoms. The lowest BCUT2D eigenvalue weighted by molar-refractivity contribution is -0.130. The Hall–Kier alpha value is -0.610. The molecule has 4 heteroatoms. The topological polar surface area (TPSA) is 35.6 Å². The summed E-state index contributed by atoms with van der Waals surface area (Å²) >= 11 is 0. The number of hydrogen-bond acceptors (Lipinski definition) is 3. The number of carbonyl (C=O) groups excluding carboxylic acids is 1. The molecule has 18 heavy (non-hydrogen) atoms. The minimum absolute atomic E-state index is 0.195. The summed E-state index contributed by atoms with van der Waals surface area (Å²) in [5.41, 5.74) is 0.458. The molecule has 2 aliphatic rings. The number of nitrogens with zero attached hydrogens (tertiary/aromatic N) is 2. The van der Waals surface area contributed by atoms with Crippen LogP contribution in [0.3, 0.4) is 0 Å². The molecule has 1 N–H and O–H groups in total. The van der Waals surface area contributed by atoms with Crippen LogP contribution in [-0.2, 0) is 4.79 Å². The Balaban J connectivity index is 1.78. The molecule has 104 valence electrons. The SMILES string of the molecule is CC(=O)N(C)C1CCN(CC2(C)CCNC2)CC1. The molecular formula is C14H27N3O. The van der Waals surface area contributed by atoms with Crippen LogP contribution in [0, 0.1) is 5.41 Å². The van der Waals surface area contributed by atoms with Crippen molar-refractivity contribution < 1.29 is 4.79 Å². The van der Waals surface area contributed by atoms with Gasteiger partial charge in [-0.2, -0.15) is 0 Å². The second-order valence-corrected chi connectivity index (χ2v) is 6.37. The zero-order valence-electron chi connectivity index (χ0n) is 12.0. The highest BCUT2D eigenvalue weighted by Crippen LogP contribution is 2.27. The van der Waals surface area contributed by atoms with Crippen LogP contribution in [0.15, 0.2) is 0 Å². The number of carbonyl (C=O) groups is 1. The molecule has 1 unspecified atom stereocenters. The van der Waals surface area contributed by atoms with Crippen molar-refractivity contribution in [2.75, 3.05) is 39.8 Å². The van der Waals surface area contributed by atoms with Crippen LogP contribution in [0.25, 0.3) is 0 Å². The smallest absolute Gasteiger partial charge is 0.219 e. The normalized spacial score (nSPS) is 30.6. The third kappa shape index (κ3) is 3.23. The van der Waals surface area contributed by atoms with E-state index in [0.717, 1.165) is 32.5 Å². The average Bonchev–Trinajstić information content (AvgIpc) is 2.76. The van der Waals surface area contributed by atoms with Gasteiger partial charge in [-0.3, -0.25) is 4.79 Å². The van der Waals surface area contributed by atoms with Crippen LogP contribution < -0.4 is 5.32 Å². The first-order valence-electron chi connectivity index (χ1n) is 7.17. The Morgan fingerprint density at radius 2 is 2.11 bits per heavy atom. The van der Waals surface area contributed by atoms with Gasteiger partial charge in [0, 0.05) is 46.2 Å². The number of likely N-dealkylation sites (tertiary alicyclic amines) is 1. The highest BCUT2D eigenvalue weighted by atomic mass is 16.2. The molecule has 0 bridgehead atoms. The van der Waals surface area contributed by atoms with Crippen molar-refractivity contribution in [3.63, 3.8) is 0 Å². The molecule has 0 aromatic heterocycles. The van der Waals surface area contributed by atoms with Crippen molar-refractivity contribution in [3.05, 3.63) is 0 Å². The monoisotopic (exact) mass is 253 g/mol. The van der Waals surface area contributed by atoms with E-state index in [-0.39, 0.29) is 5.91 Å². The predicted molar refractivity (Wildman–Crippen MR) is 73.5 cm³/mol. The first-order chi connectivity index (χ1) is 8.50. The van der Waals surface area contributed by atoms with E-state index in [1.54, 1.807) is 6.92 Å². The van der Waals surface area contributed by atoms with E-state index < -0.39 is 0 Å². The van der Waals surface area contributed by atoms with Crippen molar-refractivity contribution in [1.82, 2.24) is 15.1 Å². The fourth-order valence-electron chi connectivity index (χ4n) is 3.27. The molecule has 0 aliphatic carbocycles. The van der Waals surface area contributed by atoms with Crippen LogP contribution in [0.5, 0.6) is 0 Å². The van der Waals surface area contributed by atoms with Gasteiger partial charge in [-0.15, -0.1) is 0 Å². The third-order valence-electron chi connectivity index (χ3n) is 4.66. The Morgan fingerprint density at radius 3 is 2.61 bits per heavy atom. The van der Waals surface area contributed by atoms with Crippen molar-refractivity contribution in [1.29, 1.82) is 0 Å². The zero-order chi connectivity index (χ0) is 13.2. The maximum atomic E-state index is 11.4. The van der Waals surface area contributed by atoms with Crippen LogP contribution in [0.2, 0.25) is 0 Å². The Kier molecular flexibility index (Phi) is 4.28. The van der Waals surface area contributed by atoms with E-state index >= 15 is 0 Å². The second kappa shape index (κ2) is 5.57. The van der Waals surface area contributed by atoms with Crippen molar-refractivity contribution in [2.24, 2.45) is 5.41 Å². The highest BCUT2D eigenvalue weighted by Gasteiger charge is 2.32. The Bertz CT molecular complexity index is 291. The summed E-state index contributed by atoms with van der Waals surface area (Å²) in [5.74, 6) is 0.195. The lowest BCUT2D eigenvalue weighted by Crippen LogP contribution is -2.47. The van der Waals surface area contributed by atoms with Gasteiger partial charge in [-0.05, 0) is 31.2 Å². The number of nitrogens with one attached hydrogen (secondary N) is 1. The Morgan fingerprint density at radius 1 is 1.44 bits per heavy atom. The van der Waals surface area contributed by atoms with Gasteiger partial charge < -0.3 is 15.1 Å². The molecule has 1 amide bonds. The molecule has 0 saturated carbocycles. The molecule has 2 fully saturated rings. The van der Waals surface area contributed by atoms with Gasteiger partial charge >= 0.3 is 0 Å². The second-order valence-electron chi connectivity index (χ2n) is 6.37. The van der Waals surface area contributed by atoms with Crippen molar-refractivity contribution in [3.8, 4) is 0 Å². The number of amides is 1. The molecule has 0 aromatic carbocycles. The largest absolute Gasteiger partial charge is 0.343 e. The van der Waals surface area contributed by atoms with Gasteiger partial charge in [0.25, 0.3) is 0 Å². The summed E-state index contributed by atoms with van der Waals surface area (Å²) in [4.78, 5) is 15.9.